The minimum Gasteiger partial charge on any atom is -0.426 e. The largest absolute Gasteiger partial charge is 0.426 e. The predicted molar refractivity (Wildman–Crippen MR) is 117 cm³/mol. The Morgan fingerprint density at radius 3 is 2.86 bits per heavy atom. The van der Waals surface area contributed by atoms with E-state index >= 15 is 0 Å². The summed E-state index contributed by atoms with van der Waals surface area (Å²) in [4.78, 5) is 13.9. The smallest absolute Gasteiger partial charge is 0.311 e. The van der Waals surface area contributed by atoms with E-state index in [4.69, 9.17) is 4.74 Å². The van der Waals surface area contributed by atoms with Crippen molar-refractivity contribution in [1.82, 2.24) is 5.32 Å². The molecular weight excluding hydrogens is 360 g/mol. The number of aryl methyl sites for hydroxylation is 1. The van der Waals surface area contributed by atoms with E-state index in [0.717, 1.165) is 37.2 Å². The van der Waals surface area contributed by atoms with Crippen molar-refractivity contribution in [3.63, 3.8) is 0 Å². The highest BCUT2D eigenvalue weighted by Gasteiger charge is 2.26. The number of anilines is 1. The molecule has 0 radical (unpaired) electrons. The molecule has 2 atom stereocenters. The summed E-state index contributed by atoms with van der Waals surface area (Å²) < 4.78 is 5.34. The highest BCUT2D eigenvalue weighted by molar-refractivity contribution is 5.86. The lowest BCUT2D eigenvalue weighted by atomic mass is 9.99. The number of nitrogens with zero attached hydrogens (tertiary/aromatic N) is 1. The second-order valence-electron chi connectivity index (χ2n) is 8.15. The zero-order valence-electron chi connectivity index (χ0n) is 16.7. The van der Waals surface area contributed by atoms with E-state index in [1.165, 1.54) is 22.0 Å². The molecular formula is C25H26N2O2. The third-order valence-electron chi connectivity index (χ3n) is 6.20. The first-order valence-electron chi connectivity index (χ1n) is 10.5. The summed E-state index contributed by atoms with van der Waals surface area (Å²) in [6.07, 6.45) is 2.37. The van der Waals surface area contributed by atoms with Gasteiger partial charge >= 0.3 is 5.97 Å². The number of hydrogen-bond donors (Lipinski definition) is 1. The number of ether oxygens (including phenoxy) is 1. The molecule has 29 heavy (non-hydrogen) atoms. The fourth-order valence-corrected chi connectivity index (χ4v) is 4.67. The molecule has 148 valence electrons. The Balaban J connectivity index is 1.28. The molecule has 2 aliphatic rings. The van der Waals surface area contributed by atoms with Gasteiger partial charge in [0.2, 0.25) is 0 Å². The van der Waals surface area contributed by atoms with Crippen LogP contribution in [0, 0.1) is 0 Å². The van der Waals surface area contributed by atoms with Gasteiger partial charge in [0.1, 0.15) is 5.75 Å². The van der Waals surface area contributed by atoms with Crippen molar-refractivity contribution in [1.29, 1.82) is 0 Å². The van der Waals surface area contributed by atoms with Crippen LogP contribution in [0.1, 0.15) is 36.9 Å². The average Bonchev–Trinajstić information content (AvgIpc) is 3.21. The van der Waals surface area contributed by atoms with Crippen molar-refractivity contribution in [3.8, 4) is 5.75 Å². The molecule has 0 bridgehead atoms. The Labute approximate surface area is 171 Å². The Hall–Kier alpha value is -2.85. The summed E-state index contributed by atoms with van der Waals surface area (Å²) in [6.45, 7) is 4.30. The van der Waals surface area contributed by atoms with Gasteiger partial charge in [0.25, 0.3) is 0 Å². The first kappa shape index (κ1) is 18.2. The lowest BCUT2D eigenvalue weighted by molar-refractivity contribution is -0.135. The fourth-order valence-electron chi connectivity index (χ4n) is 4.67. The number of benzene rings is 3. The monoisotopic (exact) mass is 386 g/mol. The minimum atomic E-state index is -0.127. The van der Waals surface area contributed by atoms with Crippen LogP contribution in [0.25, 0.3) is 10.8 Å². The normalized spacial score (nSPS) is 19.8. The topological polar surface area (TPSA) is 41.6 Å². The molecule has 3 aromatic carbocycles. The number of esters is 1. The van der Waals surface area contributed by atoms with Crippen LogP contribution >= 0.6 is 0 Å². The molecule has 0 amide bonds. The van der Waals surface area contributed by atoms with Crippen LogP contribution in [-0.2, 0) is 11.2 Å². The molecule has 4 nitrogen and oxygen atoms in total. The molecule has 0 aromatic heterocycles. The molecule has 0 unspecified atom stereocenters. The molecule has 4 heteroatoms. The van der Waals surface area contributed by atoms with Gasteiger partial charge in [-0.05, 0) is 59.9 Å². The first-order valence-corrected chi connectivity index (χ1v) is 10.5. The van der Waals surface area contributed by atoms with E-state index < -0.39 is 0 Å². The minimum absolute atomic E-state index is 0.127. The fraction of sp³-hybridized carbons (Fsp3) is 0.320. The number of carbonyl (C=O) groups is 1. The molecule has 0 spiro atoms. The lowest BCUT2D eigenvalue weighted by Crippen LogP contribution is -2.34. The van der Waals surface area contributed by atoms with Crippen molar-refractivity contribution in [3.05, 3.63) is 71.8 Å². The standard InChI is InChI=1S/C25H26N2O2/c1-17(22-8-4-6-18-5-2-3-7-23(18)22)26-20-13-14-27(16-20)21-10-11-24-19(15-21)9-12-25(28)29-24/h2-8,10-11,15,17,20,26H,9,12-14,16H2,1H3/t17-,20+/m1/s1. The van der Waals surface area contributed by atoms with E-state index in [1.54, 1.807) is 0 Å². The van der Waals surface area contributed by atoms with Crippen molar-refractivity contribution in [2.75, 3.05) is 18.0 Å². The Morgan fingerprint density at radius 2 is 1.93 bits per heavy atom. The second kappa shape index (κ2) is 7.53. The van der Waals surface area contributed by atoms with Crippen molar-refractivity contribution in [2.45, 2.75) is 38.3 Å². The maximum atomic E-state index is 11.5. The van der Waals surface area contributed by atoms with Gasteiger partial charge in [0.15, 0.2) is 0 Å². The maximum absolute atomic E-state index is 11.5. The molecule has 2 aliphatic heterocycles. The molecule has 0 aliphatic carbocycles. The van der Waals surface area contributed by atoms with E-state index in [1.807, 2.05) is 6.07 Å². The summed E-state index contributed by atoms with van der Waals surface area (Å²) in [5.74, 6) is 0.599. The summed E-state index contributed by atoms with van der Waals surface area (Å²) in [6, 6.07) is 22.1. The number of hydrogen-bond acceptors (Lipinski definition) is 4. The number of carbonyl (C=O) groups excluding carboxylic acids is 1. The number of nitrogens with one attached hydrogen (secondary N) is 1. The molecule has 0 saturated carbocycles. The van der Waals surface area contributed by atoms with Gasteiger partial charge in [0.05, 0.1) is 6.42 Å². The van der Waals surface area contributed by atoms with Crippen LogP contribution < -0.4 is 15.0 Å². The van der Waals surface area contributed by atoms with Gasteiger partial charge in [-0.3, -0.25) is 4.79 Å². The van der Waals surface area contributed by atoms with Crippen LogP contribution in [0.4, 0.5) is 5.69 Å². The van der Waals surface area contributed by atoms with Gasteiger partial charge in [-0.25, -0.2) is 0 Å². The van der Waals surface area contributed by atoms with Crippen LogP contribution in [0.3, 0.4) is 0 Å². The lowest BCUT2D eigenvalue weighted by Gasteiger charge is -2.24. The van der Waals surface area contributed by atoms with Gasteiger partial charge in [-0.2, -0.15) is 0 Å². The van der Waals surface area contributed by atoms with Crippen LogP contribution in [0.2, 0.25) is 0 Å². The zero-order valence-corrected chi connectivity index (χ0v) is 16.7. The Kier molecular flexibility index (Phi) is 4.72. The maximum Gasteiger partial charge on any atom is 0.311 e. The molecule has 1 N–H and O–H groups in total. The van der Waals surface area contributed by atoms with Crippen LogP contribution in [-0.4, -0.2) is 25.1 Å². The summed E-state index contributed by atoms with van der Waals surface area (Å²) in [5.41, 5.74) is 3.73. The SMILES string of the molecule is C[C@@H](N[C@H]1CCN(c2ccc3c(c2)CCC(=O)O3)C1)c1cccc2ccccc12. The highest BCUT2D eigenvalue weighted by atomic mass is 16.5. The van der Waals surface area contributed by atoms with Gasteiger partial charge in [-0.15, -0.1) is 0 Å². The Bertz CT molecular complexity index is 1060. The summed E-state index contributed by atoms with van der Waals surface area (Å²) in [7, 11) is 0. The third kappa shape index (κ3) is 3.60. The van der Waals surface area contributed by atoms with Gasteiger partial charge < -0.3 is 15.0 Å². The molecule has 5 rings (SSSR count). The third-order valence-corrected chi connectivity index (χ3v) is 6.20. The van der Waals surface area contributed by atoms with E-state index in [-0.39, 0.29) is 5.97 Å². The molecule has 2 heterocycles. The number of rotatable bonds is 4. The molecule has 3 aromatic rings. The summed E-state index contributed by atoms with van der Waals surface area (Å²) in [5, 5.41) is 6.46. The second-order valence-corrected chi connectivity index (χ2v) is 8.15. The Morgan fingerprint density at radius 1 is 1.07 bits per heavy atom. The van der Waals surface area contributed by atoms with Gasteiger partial charge in [-0.1, -0.05) is 42.5 Å². The quantitative estimate of drug-likeness (QED) is 0.525. The van der Waals surface area contributed by atoms with E-state index in [0.29, 0.717) is 18.5 Å². The van der Waals surface area contributed by atoms with Crippen molar-refractivity contribution in [2.24, 2.45) is 0 Å². The summed E-state index contributed by atoms with van der Waals surface area (Å²) >= 11 is 0. The first-order chi connectivity index (χ1) is 14.2. The molecule has 1 saturated heterocycles. The average molecular weight is 386 g/mol. The van der Waals surface area contributed by atoms with E-state index in [2.05, 4.69) is 71.7 Å². The van der Waals surface area contributed by atoms with Gasteiger partial charge in [0, 0.05) is 30.9 Å². The number of fused-ring (bicyclic) bond motifs is 2. The van der Waals surface area contributed by atoms with Crippen molar-refractivity contribution < 1.29 is 9.53 Å². The molecule has 1 fully saturated rings. The van der Waals surface area contributed by atoms with Crippen LogP contribution in [0.15, 0.2) is 60.7 Å². The van der Waals surface area contributed by atoms with E-state index in [9.17, 15) is 4.79 Å². The predicted octanol–water partition coefficient (Wildman–Crippen LogP) is 4.62. The van der Waals surface area contributed by atoms with Crippen molar-refractivity contribution >= 4 is 22.4 Å². The van der Waals surface area contributed by atoms with Crippen LogP contribution in [0.5, 0.6) is 5.75 Å². The zero-order chi connectivity index (χ0) is 19.8. The highest BCUT2D eigenvalue weighted by Crippen LogP contribution is 2.32.